The lowest BCUT2D eigenvalue weighted by molar-refractivity contribution is 0.660. The predicted molar refractivity (Wildman–Crippen MR) is 237 cm³/mol. The average Bonchev–Trinajstić information content (AvgIpc) is 3.78. The highest BCUT2D eigenvalue weighted by molar-refractivity contribution is 6.12. The zero-order chi connectivity index (χ0) is 38.8. The number of nitrogens with zero attached hydrogens (tertiary/aromatic N) is 3. The number of hydrogen-bond donors (Lipinski definition) is 0. The van der Waals surface area contributed by atoms with Gasteiger partial charge in [-0.3, -0.25) is 0 Å². The molecule has 0 N–H and O–H groups in total. The molecule has 0 aliphatic heterocycles. The van der Waals surface area contributed by atoms with Gasteiger partial charge in [0.15, 0.2) is 17.5 Å². The SMILES string of the molecule is CC1(C)c2cc(-c3ccccc3)ccc2-c2c(-c3ccc(-c4ccc5oc6cccc(-c7nc(-c8ccccc8)nc(-c8ccccc8)n7)c6c5c4)cc3)cccc21. The fourth-order valence-corrected chi connectivity index (χ4v) is 8.80. The van der Waals surface area contributed by atoms with Crippen molar-refractivity contribution in [3.05, 3.63) is 199 Å². The summed E-state index contributed by atoms with van der Waals surface area (Å²) in [6.45, 7) is 4.71. The molecule has 1 aliphatic carbocycles. The standard InChI is InChI=1S/C54H37N3O/c1-54(2)45-22-12-20-41(49(45)42-30-28-40(33-46(42)54)34-14-6-3-7-15-34)36-26-24-35(25-27-36)39-29-31-47-44(32-39)50-43(21-13-23-48(50)58-47)53-56-51(37-16-8-4-9-17-37)55-52(57-53)38-18-10-5-11-19-38/h3-33H,1-2H3. The van der Waals surface area contributed by atoms with Gasteiger partial charge in [-0.15, -0.1) is 0 Å². The molecule has 0 spiro atoms. The molecular weight excluding hydrogens is 707 g/mol. The molecular formula is C54H37N3O. The molecule has 0 fully saturated rings. The summed E-state index contributed by atoms with van der Waals surface area (Å²) in [6.07, 6.45) is 0. The van der Waals surface area contributed by atoms with Gasteiger partial charge in [-0.2, -0.15) is 0 Å². The Bertz CT molecular complexity index is 3110. The quantitative estimate of drug-likeness (QED) is 0.170. The van der Waals surface area contributed by atoms with E-state index < -0.39 is 0 Å². The molecule has 11 rings (SSSR count). The van der Waals surface area contributed by atoms with Crippen molar-refractivity contribution in [2.24, 2.45) is 0 Å². The predicted octanol–water partition coefficient (Wildman–Crippen LogP) is 14.1. The molecule has 0 saturated carbocycles. The molecule has 58 heavy (non-hydrogen) atoms. The van der Waals surface area contributed by atoms with Crippen molar-refractivity contribution in [3.63, 3.8) is 0 Å². The largest absolute Gasteiger partial charge is 0.456 e. The molecule has 0 radical (unpaired) electrons. The minimum absolute atomic E-state index is 0.111. The summed E-state index contributed by atoms with van der Waals surface area (Å²) in [5, 5.41) is 2.00. The van der Waals surface area contributed by atoms with Crippen LogP contribution in [-0.2, 0) is 5.41 Å². The summed E-state index contributed by atoms with van der Waals surface area (Å²) < 4.78 is 6.46. The maximum absolute atomic E-state index is 6.46. The summed E-state index contributed by atoms with van der Waals surface area (Å²) in [6, 6.07) is 66.2. The van der Waals surface area contributed by atoms with E-state index in [-0.39, 0.29) is 5.41 Å². The van der Waals surface area contributed by atoms with Crippen LogP contribution in [0.15, 0.2) is 192 Å². The lowest BCUT2D eigenvalue weighted by Crippen LogP contribution is -2.15. The van der Waals surface area contributed by atoms with E-state index in [1.165, 1.54) is 44.5 Å². The fourth-order valence-electron chi connectivity index (χ4n) is 8.80. The van der Waals surface area contributed by atoms with Gasteiger partial charge in [0.2, 0.25) is 0 Å². The number of furan rings is 1. The van der Waals surface area contributed by atoms with Gasteiger partial charge in [-0.25, -0.2) is 15.0 Å². The molecule has 10 aromatic rings. The lowest BCUT2D eigenvalue weighted by atomic mass is 9.81. The Hall–Kier alpha value is -7.43. The smallest absolute Gasteiger partial charge is 0.164 e. The zero-order valence-corrected chi connectivity index (χ0v) is 32.1. The molecule has 0 bridgehead atoms. The highest BCUT2D eigenvalue weighted by atomic mass is 16.3. The van der Waals surface area contributed by atoms with Crippen molar-refractivity contribution in [1.82, 2.24) is 15.0 Å². The first-order chi connectivity index (χ1) is 28.5. The van der Waals surface area contributed by atoms with Crippen LogP contribution < -0.4 is 0 Å². The van der Waals surface area contributed by atoms with Gasteiger partial charge in [0, 0.05) is 32.9 Å². The van der Waals surface area contributed by atoms with Crippen molar-refractivity contribution in [3.8, 4) is 78.7 Å². The van der Waals surface area contributed by atoms with E-state index in [0.29, 0.717) is 17.5 Å². The lowest BCUT2D eigenvalue weighted by Gasteiger charge is -2.22. The topological polar surface area (TPSA) is 51.8 Å². The highest BCUT2D eigenvalue weighted by Gasteiger charge is 2.37. The minimum Gasteiger partial charge on any atom is -0.456 e. The number of rotatable bonds is 6. The van der Waals surface area contributed by atoms with Crippen LogP contribution in [-0.4, -0.2) is 15.0 Å². The summed E-state index contributed by atoms with van der Waals surface area (Å²) in [7, 11) is 0. The van der Waals surface area contributed by atoms with Crippen molar-refractivity contribution < 1.29 is 4.42 Å². The van der Waals surface area contributed by atoms with E-state index in [4.69, 9.17) is 19.4 Å². The number of aromatic nitrogens is 3. The molecule has 0 atom stereocenters. The summed E-state index contributed by atoms with van der Waals surface area (Å²) >= 11 is 0. The summed E-state index contributed by atoms with van der Waals surface area (Å²) in [5.74, 6) is 1.86. The van der Waals surface area contributed by atoms with Crippen LogP contribution >= 0.6 is 0 Å². The van der Waals surface area contributed by atoms with Crippen LogP contribution in [0, 0.1) is 0 Å². The maximum Gasteiger partial charge on any atom is 0.164 e. The Morgan fingerprint density at radius 3 is 1.59 bits per heavy atom. The van der Waals surface area contributed by atoms with E-state index in [9.17, 15) is 0 Å². The van der Waals surface area contributed by atoms with Crippen LogP contribution in [0.25, 0.3) is 101 Å². The van der Waals surface area contributed by atoms with Crippen molar-refractivity contribution in [2.75, 3.05) is 0 Å². The minimum atomic E-state index is -0.111. The molecule has 4 nitrogen and oxygen atoms in total. The third-order valence-corrected chi connectivity index (χ3v) is 11.8. The Morgan fingerprint density at radius 2 is 0.897 bits per heavy atom. The molecule has 2 aromatic heterocycles. The van der Waals surface area contributed by atoms with Gasteiger partial charge >= 0.3 is 0 Å². The van der Waals surface area contributed by atoms with Gasteiger partial charge < -0.3 is 4.42 Å². The fraction of sp³-hybridized carbons (Fsp3) is 0.0556. The van der Waals surface area contributed by atoms with Crippen LogP contribution in [0.2, 0.25) is 0 Å². The van der Waals surface area contributed by atoms with Crippen LogP contribution in [0.3, 0.4) is 0 Å². The number of hydrogen-bond acceptors (Lipinski definition) is 4. The third-order valence-electron chi connectivity index (χ3n) is 11.8. The second kappa shape index (κ2) is 13.4. The Balaban J connectivity index is 0.991. The van der Waals surface area contributed by atoms with Crippen molar-refractivity contribution in [1.29, 1.82) is 0 Å². The molecule has 8 aromatic carbocycles. The first kappa shape index (κ1) is 33.9. The van der Waals surface area contributed by atoms with Gasteiger partial charge in [-0.05, 0) is 79.9 Å². The second-order valence-electron chi connectivity index (χ2n) is 15.6. The van der Waals surface area contributed by atoms with Crippen molar-refractivity contribution >= 4 is 21.9 Å². The first-order valence-corrected chi connectivity index (χ1v) is 19.8. The van der Waals surface area contributed by atoms with Crippen LogP contribution in [0.5, 0.6) is 0 Å². The normalized spacial score (nSPS) is 12.8. The van der Waals surface area contributed by atoms with Gasteiger partial charge in [0.25, 0.3) is 0 Å². The molecule has 0 amide bonds. The maximum atomic E-state index is 6.46. The molecule has 2 heterocycles. The molecule has 4 heteroatoms. The number of fused-ring (bicyclic) bond motifs is 6. The third kappa shape index (κ3) is 5.56. The Morgan fingerprint density at radius 1 is 0.362 bits per heavy atom. The second-order valence-corrected chi connectivity index (χ2v) is 15.6. The molecule has 0 saturated heterocycles. The number of benzene rings is 8. The Labute approximate surface area is 337 Å². The Kier molecular flexibility index (Phi) is 7.80. The molecule has 1 aliphatic rings. The summed E-state index contributed by atoms with van der Waals surface area (Å²) in [4.78, 5) is 15.0. The molecule has 274 valence electrons. The van der Waals surface area contributed by atoms with Gasteiger partial charge in [-0.1, -0.05) is 178 Å². The van der Waals surface area contributed by atoms with Crippen molar-refractivity contribution in [2.45, 2.75) is 19.3 Å². The van der Waals surface area contributed by atoms with E-state index in [0.717, 1.165) is 49.8 Å². The zero-order valence-electron chi connectivity index (χ0n) is 32.1. The molecule has 0 unspecified atom stereocenters. The average molecular weight is 744 g/mol. The van der Waals surface area contributed by atoms with Crippen LogP contribution in [0.1, 0.15) is 25.0 Å². The van der Waals surface area contributed by atoms with Gasteiger partial charge in [0.05, 0.1) is 0 Å². The van der Waals surface area contributed by atoms with E-state index in [1.54, 1.807) is 0 Å². The van der Waals surface area contributed by atoms with E-state index in [1.807, 2.05) is 72.8 Å². The summed E-state index contributed by atoms with van der Waals surface area (Å²) in [5.41, 5.74) is 16.9. The monoisotopic (exact) mass is 743 g/mol. The van der Waals surface area contributed by atoms with Gasteiger partial charge in [0.1, 0.15) is 11.2 Å². The van der Waals surface area contributed by atoms with Crippen LogP contribution in [0.4, 0.5) is 0 Å². The van der Waals surface area contributed by atoms with E-state index in [2.05, 4.69) is 129 Å². The van der Waals surface area contributed by atoms with E-state index >= 15 is 0 Å². The highest BCUT2D eigenvalue weighted by Crippen LogP contribution is 2.53. The first-order valence-electron chi connectivity index (χ1n) is 19.8.